The van der Waals surface area contributed by atoms with Crippen molar-refractivity contribution >= 4 is 130 Å². The van der Waals surface area contributed by atoms with E-state index in [-0.39, 0.29) is 23.1 Å². The summed E-state index contributed by atoms with van der Waals surface area (Å²) in [7, 11) is 0. The molecule has 4 heterocycles. The molecular formula is C94H52N2O4S2. The maximum Gasteiger partial charge on any atom is 0.194 e. The standard InChI is InChI=1S/C94H52N2O4S2/c97-91-67-23-1-3-25-69(67)93(99)81-45-57(35-41-71(81)91)55-15-13-17-59(43-55)75-47-74(54-33-39-62(40-34-54)96-84-28-10-6-20-64(84)78-50-80-66-22-8-12-30-88(66)102-90(80)52-86(78)96)76(60-18-14-16-56(44-60)58-36-42-72-82(46-58)94(100)70-26-4-2-24-68(70)92(72)98)48-73(75)53-31-37-61(38-32-53)95-83-27-9-5-19-63(83)77-49-79-65-21-7-11-29-87(65)101-89(79)51-85(77)95/h1-52H. The van der Waals surface area contributed by atoms with Gasteiger partial charge in [0, 0.05) is 118 Å². The number of fused-ring (bicyclic) bond motifs is 16. The van der Waals surface area contributed by atoms with Gasteiger partial charge in [-0.1, -0.05) is 194 Å². The number of ketones is 4. The number of benzene rings is 15. The molecule has 0 radical (unpaired) electrons. The molecule has 0 saturated carbocycles. The molecule has 19 aromatic rings. The van der Waals surface area contributed by atoms with Crippen LogP contribution in [0.3, 0.4) is 0 Å². The van der Waals surface area contributed by atoms with E-state index in [0.717, 1.165) is 100 Å². The molecule has 0 fully saturated rings. The molecule has 0 unspecified atom stereocenters. The van der Waals surface area contributed by atoms with E-state index in [1.54, 1.807) is 48.5 Å². The van der Waals surface area contributed by atoms with Crippen LogP contribution < -0.4 is 0 Å². The van der Waals surface area contributed by atoms with E-state index in [1.165, 1.54) is 61.9 Å². The molecule has 0 bridgehead atoms. The van der Waals surface area contributed by atoms with Gasteiger partial charge < -0.3 is 9.13 Å². The van der Waals surface area contributed by atoms with Crippen molar-refractivity contribution in [3.05, 3.63) is 360 Å². The summed E-state index contributed by atoms with van der Waals surface area (Å²) in [5, 5.41) is 9.84. The summed E-state index contributed by atoms with van der Waals surface area (Å²) in [5.74, 6) is -0.640. The van der Waals surface area contributed by atoms with Crippen molar-refractivity contribution in [2.24, 2.45) is 0 Å². The van der Waals surface area contributed by atoms with Crippen LogP contribution >= 0.6 is 22.7 Å². The zero-order valence-corrected chi connectivity index (χ0v) is 56.0. The summed E-state index contributed by atoms with van der Waals surface area (Å²) in [5.41, 5.74) is 21.2. The third-order valence-corrected chi connectivity index (χ3v) is 23.5. The van der Waals surface area contributed by atoms with E-state index in [9.17, 15) is 19.2 Å². The van der Waals surface area contributed by atoms with Crippen molar-refractivity contribution < 1.29 is 19.2 Å². The first-order valence-electron chi connectivity index (χ1n) is 34.2. The first kappa shape index (κ1) is 58.0. The summed E-state index contributed by atoms with van der Waals surface area (Å²) in [6, 6.07) is 109. The quantitative estimate of drug-likeness (QED) is 0.152. The monoisotopic (exact) mass is 1340 g/mol. The number of thiophene rings is 2. The fourth-order valence-corrected chi connectivity index (χ4v) is 18.6. The van der Waals surface area contributed by atoms with Crippen LogP contribution in [0.5, 0.6) is 0 Å². The lowest BCUT2D eigenvalue weighted by Gasteiger charge is -2.21. The number of rotatable bonds is 8. The van der Waals surface area contributed by atoms with E-state index < -0.39 is 0 Å². The van der Waals surface area contributed by atoms with Crippen LogP contribution in [0, 0.1) is 0 Å². The second kappa shape index (κ2) is 22.3. The second-order valence-corrected chi connectivity index (χ2v) is 28.9. The van der Waals surface area contributed by atoms with Gasteiger partial charge in [0.2, 0.25) is 0 Å². The van der Waals surface area contributed by atoms with Crippen molar-refractivity contribution in [1.82, 2.24) is 9.13 Å². The number of carbonyl (C=O) groups is 4. The second-order valence-electron chi connectivity index (χ2n) is 26.8. The molecule has 6 nitrogen and oxygen atoms in total. The number of nitrogens with zero attached hydrogens (tertiary/aromatic N) is 2. The number of hydrogen-bond donors (Lipinski definition) is 0. The maximum absolute atomic E-state index is 14.3. The van der Waals surface area contributed by atoms with Gasteiger partial charge in [-0.3, -0.25) is 19.2 Å². The van der Waals surface area contributed by atoms with Gasteiger partial charge in [-0.15, -0.1) is 22.7 Å². The summed E-state index contributed by atoms with van der Waals surface area (Å²) < 4.78 is 9.81. The first-order chi connectivity index (χ1) is 50.2. The molecule has 2 aliphatic rings. The van der Waals surface area contributed by atoms with Crippen LogP contribution in [0.1, 0.15) is 63.7 Å². The molecule has 4 aromatic heterocycles. The molecular weight excluding hydrogens is 1290 g/mol. The molecule has 0 atom stereocenters. The third-order valence-electron chi connectivity index (χ3n) is 21.2. The Morgan fingerprint density at radius 1 is 0.176 bits per heavy atom. The van der Waals surface area contributed by atoms with Gasteiger partial charge in [-0.05, 0) is 188 Å². The highest BCUT2D eigenvalue weighted by Crippen LogP contribution is 2.48. The molecule has 102 heavy (non-hydrogen) atoms. The van der Waals surface area contributed by atoms with Gasteiger partial charge in [-0.25, -0.2) is 0 Å². The van der Waals surface area contributed by atoms with Crippen LogP contribution in [0.15, 0.2) is 315 Å². The van der Waals surface area contributed by atoms with Crippen LogP contribution in [0.2, 0.25) is 0 Å². The van der Waals surface area contributed by atoms with Gasteiger partial charge in [0.1, 0.15) is 0 Å². The molecule has 474 valence electrons. The molecule has 2 aliphatic carbocycles. The Kier molecular flexibility index (Phi) is 12.7. The largest absolute Gasteiger partial charge is 0.309 e. The van der Waals surface area contributed by atoms with Crippen LogP contribution in [0.25, 0.3) is 162 Å². The molecule has 0 spiro atoms. The molecule has 0 saturated heterocycles. The predicted molar refractivity (Wildman–Crippen MR) is 420 cm³/mol. The van der Waals surface area contributed by atoms with Crippen molar-refractivity contribution in [2.45, 2.75) is 0 Å². The smallest absolute Gasteiger partial charge is 0.194 e. The highest BCUT2D eigenvalue weighted by Gasteiger charge is 2.32. The Balaban J connectivity index is 0.769. The topological polar surface area (TPSA) is 78.1 Å². The Morgan fingerprint density at radius 3 is 0.922 bits per heavy atom. The molecule has 0 N–H and O–H groups in total. The van der Waals surface area contributed by atoms with Crippen molar-refractivity contribution in [1.29, 1.82) is 0 Å². The fourth-order valence-electron chi connectivity index (χ4n) is 16.4. The Bertz CT molecular complexity index is 6540. The highest BCUT2D eigenvalue weighted by atomic mass is 32.1. The SMILES string of the molecule is O=C1c2ccccc2C(=O)c2cc(-c3cccc(-c4cc(-c5ccc(-n6c7ccccc7c7cc8c(cc76)sc6ccccc68)cc5)c(-c5cccc(-c6ccc7c(c6)C(=O)c6ccccc6C7=O)c5)cc4-c4ccc(-n5c6ccccc6c6cc7c(cc65)sc5ccccc57)cc4)c3)ccc21. The average Bonchev–Trinajstić information content (AvgIpc) is 1.53. The van der Waals surface area contributed by atoms with Gasteiger partial charge in [0.25, 0.3) is 0 Å². The van der Waals surface area contributed by atoms with Crippen LogP contribution in [0.4, 0.5) is 0 Å². The number of para-hydroxylation sites is 2. The van der Waals surface area contributed by atoms with E-state index in [1.807, 2.05) is 59.1 Å². The van der Waals surface area contributed by atoms with E-state index in [4.69, 9.17) is 0 Å². The van der Waals surface area contributed by atoms with Gasteiger partial charge >= 0.3 is 0 Å². The molecule has 15 aromatic carbocycles. The minimum atomic E-state index is -0.166. The maximum atomic E-state index is 14.3. The lowest BCUT2D eigenvalue weighted by molar-refractivity contribution is 0.0979. The van der Waals surface area contributed by atoms with E-state index >= 15 is 0 Å². The third kappa shape index (κ3) is 8.77. The molecule has 0 aliphatic heterocycles. The molecule has 8 heteroatoms. The normalized spacial score (nSPS) is 12.8. The van der Waals surface area contributed by atoms with Crippen LogP contribution in [-0.2, 0) is 0 Å². The summed E-state index contributed by atoms with van der Waals surface area (Å²) >= 11 is 3.65. The van der Waals surface area contributed by atoms with Gasteiger partial charge in [0.15, 0.2) is 23.1 Å². The molecule has 0 amide bonds. The highest BCUT2D eigenvalue weighted by molar-refractivity contribution is 7.26. The zero-order chi connectivity index (χ0) is 67.6. The number of hydrogen-bond acceptors (Lipinski definition) is 6. The Labute approximate surface area is 592 Å². The minimum Gasteiger partial charge on any atom is -0.309 e. The Morgan fingerprint density at radius 2 is 0.500 bits per heavy atom. The zero-order valence-electron chi connectivity index (χ0n) is 54.4. The summed E-state index contributed by atoms with van der Waals surface area (Å²) in [4.78, 5) is 56.5. The minimum absolute atomic E-state index is 0.155. The van der Waals surface area contributed by atoms with Crippen molar-refractivity contribution in [2.75, 3.05) is 0 Å². The van der Waals surface area contributed by atoms with Crippen molar-refractivity contribution in [3.8, 4) is 78.1 Å². The average molecular weight is 1340 g/mol. The summed E-state index contributed by atoms with van der Waals surface area (Å²) in [6.45, 7) is 0. The first-order valence-corrected chi connectivity index (χ1v) is 35.8. The van der Waals surface area contributed by atoms with Crippen molar-refractivity contribution in [3.63, 3.8) is 0 Å². The fraction of sp³-hybridized carbons (Fsp3) is 0. The van der Waals surface area contributed by atoms with Gasteiger partial charge in [0.05, 0.1) is 22.1 Å². The lowest BCUT2D eigenvalue weighted by Crippen LogP contribution is -2.20. The lowest BCUT2D eigenvalue weighted by atomic mass is 9.82. The van der Waals surface area contributed by atoms with Crippen LogP contribution in [-0.4, -0.2) is 32.3 Å². The predicted octanol–water partition coefficient (Wildman–Crippen LogP) is 24.2. The Hall–Kier alpha value is -13.0. The van der Waals surface area contributed by atoms with E-state index in [0.29, 0.717) is 44.5 Å². The summed E-state index contributed by atoms with van der Waals surface area (Å²) in [6.07, 6.45) is 0. The van der Waals surface area contributed by atoms with Gasteiger partial charge in [-0.2, -0.15) is 0 Å². The van der Waals surface area contributed by atoms with E-state index in [2.05, 4.69) is 240 Å². The number of aromatic nitrogens is 2. The molecule has 21 rings (SSSR count). The number of carbonyl (C=O) groups excluding carboxylic acids is 4.